The van der Waals surface area contributed by atoms with Crippen molar-refractivity contribution in [1.29, 1.82) is 0 Å². The molecule has 2 aliphatic rings. The average Bonchev–Trinajstić information content (AvgIpc) is 3.09. The Hall–Kier alpha value is -0.670. The number of rotatable bonds is 5. The predicted octanol–water partition coefficient (Wildman–Crippen LogP) is 1.39. The third-order valence-electron chi connectivity index (χ3n) is 4.80. The fourth-order valence-electron chi connectivity index (χ4n) is 3.60. The maximum atomic E-state index is 12.7. The van der Waals surface area contributed by atoms with E-state index in [0.717, 1.165) is 19.4 Å². The molecule has 9 heteroatoms. The van der Waals surface area contributed by atoms with Crippen LogP contribution in [0.1, 0.15) is 19.3 Å². The fraction of sp³-hybridized carbons (Fsp3) is 0.667. The van der Waals surface area contributed by atoms with E-state index in [2.05, 4.69) is 5.32 Å². The van der Waals surface area contributed by atoms with Gasteiger partial charge in [0.15, 0.2) is 0 Å². The fourth-order valence-corrected chi connectivity index (χ4v) is 6.25. The summed E-state index contributed by atoms with van der Waals surface area (Å²) in [6.45, 7) is 2.49. The molecule has 2 atom stereocenters. The van der Waals surface area contributed by atoms with Crippen LogP contribution in [0.2, 0.25) is 0 Å². The van der Waals surface area contributed by atoms with E-state index in [9.17, 15) is 13.2 Å². The van der Waals surface area contributed by atoms with Gasteiger partial charge in [0, 0.05) is 38.6 Å². The van der Waals surface area contributed by atoms with Crippen LogP contribution >= 0.6 is 23.7 Å². The Morgan fingerprint density at radius 2 is 2.17 bits per heavy atom. The number of nitrogens with one attached hydrogen (secondary N) is 1. The van der Waals surface area contributed by atoms with Gasteiger partial charge in [-0.2, -0.15) is 4.31 Å². The number of thiophene rings is 1. The molecule has 0 spiro atoms. The number of halogens is 1. The predicted molar refractivity (Wildman–Crippen MR) is 97.1 cm³/mol. The second-order valence-corrected chi connectivity index (χ2v) is 9.25. The average molecular weight is 394 g/mol. The van der Waals surface area contributed by atoms with Gasteiger partial charge < -0.3 is 10.2 Å². The first-order valence-corrected chi connectivity index (χ1v) is 10.3. The van der Waals surface area contributed by atoms with Crippen LogP contribution in [0, 0.1) is 5.92 Å². The van der Waals surface area contributed by atoms with Crippen molar-refractivity contribution in [3.63, 3.8) is 0 Å². The van der Waals surface area contributed by atoms with E-state index in [-0.39, 0.29) is 30.3 Å². The van der Waals surface area contributed by atoms with Gasteiger partial charge in [-0.1, -0.05) is 6.07 Å². The number of sulfonamides is 1. The zero-order chi connectivity index (χ0) is 16.4. The molecule has 2 saturated heterocycles. The van der Waals surface area contributed by atoms with Crippen molar-refractivity contribution >= 4 is 39.7 Å². The highest BCUT2D eigenvalue weighted by atomic mass is 35.5. The topological polar surface area (TPSA) is 69.7 Å². The van der Waals surface area contributed by atoms with E-state index in [1.807, 2.05) is 11.9 Å². The number of likely N-dealkylation sites (tertiary alicyclic amines) is 1. The summed E-state index contributed by atoms with van der Waals surface area (Å²) in [7, 11) is -1.50. The molecular formula is C15H24ClN3O3S2. The number of piperidine rings is 2. The summed E-state index contributed by atoms with van der Waals surface area (Å²) in [6, 6.07) is 3.61. The standard InChI is InChI=1S/C15H23N3O3S2.ClH/c1-16-7-9-18-13-6-8-17(11-12(13)4-5-14(18)19)23(20,21)15-3-2-10-22-15;/h2-3,10,12-13,16H,4-9,11H2,1H3;1H/t12-,13+;/m0./s1. The van der Waals surface area contributed by atoms with Crippen molar-refractivity contribution in [3.8, 4) is 0 Å². The molecule has 1 aromatic rings. The quantitative estimate of drug-likeness (QED) is 0.820. The molecule has 6 nitrogen and oxygen atoms in total. The van der Waals surface area contributed by atoms with Crippen molar-refractivity contribution in [2.45, 2.75) is 29.5 Å². The molecule has 2 aliphatic heterocycles. The molecule has 2 fully saturated rings. The van der Waals surface area contributed by atoms with E-state index in [1.165, 1.54) is 11.3 Å². The van der Waals surface area contributed by atoms with Crippen LogP contribution < -0.4 is 5.32 Å². The molecule has 0 radical (unpaired) electrons. The number of carbonyl (C=O) groups excluding carboxylic acids is 1. The second kappa shape index (κ2) is 8.14. The SMILES string of the molecule is CNCCN1C(=O)CC[C@H]2CN(S(=O)(=O)c3cccs3)CC[C@H]21.Cl. The number of carbonyl (C=O) groups is 1. The second-order valence-electron chi connectivity index (χ2n) is 6.14. The van der Waals surface area contributed by atoms with Gasteiger partial charge in [0.05, 0.1) is 0 Å². The van der Waals surface area contributed by atoms with Crippen LogP contribution in [-0.4, -0.2) is 62.8 Å². The summed E-state index contributed by atoms with van der Waals surface area (Å²) in [5, 5.41) is 4.87. The van der Waals surface area contributed by atoms with E-state index in [1.54, 1.807) is 21.8 Å². The maximum absolute atomic E-state index is 12.7. The maximum Gasteiger partial charge on any atom is 0.252 e. The minimum Gasteiger partial charge on any atom is -0.338 e. The molecule has 0 bridgehead atoms. The first kappa shape index (κ1) is 19.7. The van der Waals surface area contributed by atoms with Crippen LogP contribution in [0.5, 0.6) is 0 Å². The summed E-state index contributed by atoms with van der Waals surface area (Å²) in [5.41, 5.74) is 0. The molecule has 0 aromatic carbocycles. The van der Waals surface area contributed by atoms with Gasteiger partial charge in [0.25, 0.3) is 10.0 Å². The van der Waals surface area contributed by atoms with Crippen LogP contribution in [0.15, 0.2) is 21.7 Å². The molecule has 136 valence electrons. The van der Waals surface area contributed by atoms with Crippen molar-refractivity contribution in [3.05, 3.63) is 17.5 Å². The largest absolute Gasteiger partial charge is 0.338 e. The third kappa shape index (κ3) is 3.77. The first-order valence-electron chi connectivity index (χ1n) is 8.01. The lowest BCUT2D eigenvalue weighted by Gasteiger charge is -2.46. The Balaban J connectivity index is 0.00000208. The van der Waals surface area contributed by atoms with Crippen molar-refractivity contribution < 1.29 is 13.2 Å². The Morgan fingerprint density at radius 3 is 2.83 bits per heavy atom. The summed E-state index contributed by atoms with van der Waals surface area (Å²) in [5.74, 6) is 0.448. The first-order chi connectivity index (χ1) is 11.0. The van der Waals surface area contributed by atoms with E-state index >= 15 is 0 Å². The van der Waals surface area contributed by atoms with Crippen LogP contribution in [0.25, 0.3) is 0 Å². The normalized spacial score (nSPS) is 25.2. The minimum atomic E-state index is -3.38. The lowest BCUT2D eigenvalue weighted by atomic mass is 9.84. The molecule has 0 aliphatic carbocycles. The summed E-state index contributed by atoms with van der Waals surface area (Å²) < 4.78 is 27.4. The lowest BCUT2D eigenvalue weighted by molar-refractivity contribution is -0.140. The van der Waals surface area contributed by atoms with Gasteiger partial charge in [-0.15, -0.1) is 23.7 Å². The van der Waals surface area contributed by atoms with Crippen LogP contribution in [0.4, 0.5) is 0 Å². The smallest absolute Gasteiger partial charge is 0.252 e. The van der Waals surface area contributed by atoms with Crippen molar-refractivity contribution in [2.24, 2.45) is 5.92 Å². The Bertz CT molecular complexity index is 651. The molecule has 24 heavy (non-hydrogen) atoms. The van der Waals surface area contributed by atoms with Gasteiger partial charge >= 0.3 is 0 Å². The molecule has 1 N–H and O–H groups in total. The van der Waals surface area contributed by atoms with Gasteiger partial charge in [-0.25, -0.2) is 8.42 Å². The monoisotopic (exact) mass is 393 g/mol. The highest BCUT2D eigenvalue weighted by Gasteiger charge is 2.42. The molecule has 1 aromatic heterocycles. The number of amides is 1. The highest BCUT2D eigenvalue weighted by molar-refractivity contribution is 7.91. The molecule has 3 rings (SSSR count). The Kier molecular flexibility index (Phi) is 6.66. The van der Waals surface area contributed by atoms with Gasteiger partial charge in [0.2, 0.25) is 5.91 Å². The van der Waals surface area contributed by atoms with Crippen LogP contribution in [-0.2, 0) is 14.8 Å². The zero-order valence-electron chi connectivity index (χ0n) is 13.7. The summed E-state index contributed by atoms with van der Waals surface area (Å²) >= 11 is 1.26. The molecule has 3 heterocycles. The molecule has 1 amide bonds. The van der Waals surface area contributed by atoms with Gasteiger partial charge in [0.1, 0.15) is 4.21 Å². The number of nitrogens with zero attached hydrogens (tertiary/aromatic N) is 2. The van der Waals surface area contributed by atoms with Gasteiger partial charge in [-0.05, 0) is 37.3 Å². The number of fused-ring (bicyclic) bond motifs is 1. The van der Waals surface area contributed by atoms with Crippen molar-refractivity contribution in [1.82, 2.24) is 14.5 Å². The molecular weight excluding hydrogens is 370 g/mol. The van der Waals surface area contributed by atoms with Crippen molar-refractivity contribution in [2.75, 3.05) is 33.2 Å². The van der Waals surface area contributed by atoms with Gasteiger partial charge in [-0.3, -0.25) is 4.79 Å². The molecule has 0 saturated carbocycles. The highest BCUT2D eigenvalue weighted by Crippen LogP contribution is 2.34. The Morgan fingerprint density at radius 1 is 1.38 bits per heavy atom. The third-order valence-corrected chi connectivity index (χ3v) is 8.04. The summed E-state index contributed by atoms with van der Waals surface area (Å²) in [4.78, 5) is 14.1. The van der Waals surface area contributed by atoms with E-state index in [4.69, 9.17) is 0 Å². The lowest BCUT2D eigenvalue weighted by Crippen LogP contribution is -2.57. The number of hydrogen-bond acceptors (Lipinski definition) is 5. The number of hydrogen-bond donors (Lipinski definition) is 1. The molecule has 0 unspecified atom stereocenters. The number of likely N-dealkylation sites (N-methyl/N-ethyl adjacent to an activating group) is 1. The minimum absolute atomic E-state index is 0. The van der Waals surface area contributed by atoms with E-state index in [0.29, 0.717) is 30.3 Å². The summed E-state index contributed by atoms with van der Waals surface area (Å²) in [6.07, 6.45) is 2.04. The van der Waals surface area contributed by atoms with Crippen LogP contribution in [0.3, 0.4) is 0 Å². The Labute approximate surface area is 153 Å². The zero-order valence-corrected chi connectivity index (χ0v) is 16.1. The van der Waals surface area contributed by atoms with E-state index < -0.39 is 10.0 Å².